The van der Waals surface area contributed by atoms with E-state index in [1.54, 1.807) is 13.8 Å². The van der Waals surface area contributed by atoms with Gasteiger partial charge in [-0.15, -0.1) is 0 Å². The number of hydrogen-bond donors (Lipinski definition) is 1. The van der Waals surface area contributed by atoms with Crippen LogP contribution in [0.1, 0.15) is 22.4 Å². The number of hydrogen-bond acceptors (Lipinski definition) is 4. The molecule has 2 rings (SSSR count). The van der Waals surface area contributed by atoms with Crippen LogP contribution in [0.3, 0.4) is 0 Å². The number of carbonyl (C=O) groups is 1. The van der Waals surface area contributed by atoms with E-state index in [-0.39, 0.29) is 18.1 Å². The van der Waals surface area contributed by atoms with Crippen molar-refractivity contribution >= 4 is 5.91 Å². The highest BCUT2D eigenvalue weighted by Gasteiger charge is 2.07. The van der Waals surface area contributed by atoms with E-state index in [2.05, 4.69) is 10.3 Å². The van der Waals surface area contributed by atoms with Gasteiger partial charge in [0.1, 0.15) is 5.75 Å². The van der Waals surface area contributed by atoms with Crippen molar-refractivity contribution in [3.8, 4) is 5.75 Å². The summed E-state index contributed by atoms with van der Waals surface area (Å²) in [6.45, 7) is 8.13. The predicted octanol–water partition coefficient (Wildman–Crippen LogP) is 1.67. The molecule has 0 bridgehead atoms. The molecule has 0 aliphatic heterocycles. The lowest BCUT2D eigenvalue weighted by Gasteiger charge is -2.11. The van der Waals surface area contributed by atoms with E-state index in [9.17, 15) is 9.59 Å². The molecule has 0 saturated heterocycles. The van der Waals surface area contributed by atoms with Crippen LogP contribution in [0.5, 0.6) is 5.75 Å². The minimum Gasteiger partial charge on any atom is -0.483 e. The van der Waals surface area contributed by atoms with Crippen LogP contribution in [0.2, 0.25) is 0 Å². The van der Waals surface area contributed by atoms with Crippen LogP contribution < -0.4 is 15.6 Å². The molecule has 0 fully saturated rings. The molecule has 128 valence electrons. The Bertz CT molecular complexity index is 797. The Morgan fingerprint density at radius 2 is 2.00 bits per heavy atom. The summed E-state index contributed by atoms with van der Waals surface area (Å²) in [5, 5.41) is 2.75. The van der Waals surface area contributed by atoms with E-state index in [4.69, 9.17) is 4.74 Å². The van der Waals surface area contributed by atoms with Crippen molar-refractivity contribution in [2.24, 2.45) is 0 Å². The van der Waals surface area contributed by atoms with E-state index in [0.29, 0.717) is 24.4 Å². The van der Waals surface area contributed by atoms with Crippen LogP contribution in [0.4, 0.5) is 0 Å². The van der Waals surface area contributed by atoms with Gasteiger partial charge in [0.05, 0.1) is 6.33 Å². The van der Waals surface area contributed by atoms with Crippen LogP contribution >= 0.6 is 0 Å². The van der Waals surface area contributed by atoms with Crippen molar-refractivity contribution in [3.63, 3.8) is 0 Å². The number of nitrogens with one attached hydrogen (secondary N) is 1. The summed E-state index contributed by atoms with van der Waals surface area (Å²) < 4.78 is 7.04. The summed E-state index contributed by atoms with van der Waals surface area (Å²) in [5.74, 6) is 0.487. The number of benzene rings is 1. The lowest BCUT2D eigenvalue weighted by atomic mass is 10.1. The molecule has 0 spiro atoms. The molecule has 1 amide bonds. The maximum absolute atomic E-state index is 12.0. The summed E-state index contributed by atoms with van der Waals surface area (Å²) in [6, 6.07) is 5.86. The largest absolute Gasteiger partial charge is 0.483 e. The second-order valence-corrected chi connectivity index (χ2v) is 5.86. The van der Waals surface area contributed by atoms with Gasteiger partial charge in [-0.3, -0.25) is 14.2 Å². The van der Waals surface area contributed by atoms with Crippen LogP contribution in [-0.2, 0) is 11.3 Å². The molecule has 1 aromatic carbocycles. The van der Waals surface area contributed by atoms with Crippen LogP contribution in [0.15, 0.2) is 29.3 Å². The molecule has 6 nitrogen and oxygen atoms in total. The lowest BCUT2D eigenvalue weighted by molar-refractivity contribution is -0.123. The zero-order chi connectivity index (χ0) is 17.7. The van der Waals surface area contributed by atoms with Gasteiger partial charge in [0.25, 0.3) is 11.5 Å². The highest BCUT2D eigenvalue weighted by atomic mass is 16.5. The van der Waals surface area contributed by atoms with E-state index in [0.717, 1.165) is 16.8 Å². The monoisotopic (exact) mass is 329 g/mol. The number of aryl methyl sites for hydroxylation is 3. The number of ether oxygens (including phenoxy) is 1. The zero-order valence-corrected chi connectivity index (χ0v) is 14.5. The molecule has 1 heterocycles. The molecule has 1 aromatic heterocycles. The molecular weight excluding hydrogens is 306 g/mol. The van der Waals surface area contributed by atoms with Gasteiger partial charge >= 0.3 is 0 Å². The maximum atomic E-state index is 12.0. The molecule has 1 N–H and O–H groups in total. The first-order chi connectivity index (χ1) is 11.4. The summed E-state index contributed by atoms with van der Waals surface area (Å²) in [5.41, 5.74) is 3.34. The molecule has 0 saturated carbocycles. The number of carbonyl (C=O) groups excluding carboxylic acids is 1. The van der Waals surface area contributed by atoms with Crippen molar-refractivity contribution in [2.45, 2.75) is 34.2 Å². The Hall–Kier alpha value is -2.63. The lowest BCUT2D eigenvalue weighted by Crippen LogP contribution is -2.34. The molecule has 0 aliphatic rings. The molecule has 0 radical (unpaired) electrons. The Morgan fingerprint density at radius 1 is 1.25 bits per heavy atom. The third kappa shape index (κ3) is 4.44. The Labute approximate surface area is 141 Å². The maximum Gasteiger partial charge on any atom is 0.258 e. The molecule has 6 heteroatoms. The zero-order valence-electron chi connectivity index (χ0n) is 14.5. The van der Waals surface area contributed by atoms with Gasteiger partial charge in [-0.2, -0.15) is 0 Å². The van der Waals surface area contributed by atoms with Gasteiger partial charge in [-0.05, 0) is 44.9 Å². The minimum atomic E-state index is -0.222. The van der Waals surface area contributed by atoms with Crippen molar-refractivity contribution in [1.82, 2.24) is 14.9 Å². The summed E-state index contributed by atoms with van der Waals surface area (Å²) in [7, 11) is 0. The Kier molecular flexibility index (Phi) is 5.73. The summed E-state index contributed by atoms with van der Waals surface area (Å²) in [6.07, 6.45) is 1.50. The average Bonchev–Trinajstić information content (AvgIpc) is 2.55. The van der Waals surface area contributed by atoms with Crippen LogP contribution in [-0.4, -0.2) is 28.6 Å². The molecule has 0 unspecified atom stereocenters. The van der Waals surface area contributed by atoms with Gasteiger partial charge in [-0.25, -0.2) is 4.98 Å². The summed E-state index contributed by atoms with van der Waals surface area (Å²) in [4.78, 5) is 28.1. The van der Waals surface area contributed by atoms with E-state index < -0.39 is 0 Å². The number of rotatable bonds is 6. The van der Waals surface area contributed by atoms with E-state index >= 15 is 0 Å². The Balaban J connectivity index is 1.83. The van der Waals surface area contributed by atoms with Gasteiger partial charge in [0.2, 0.25) is 0 Å². The van der Waals surface area contributed by atoms with Gasteiger partial charge in [0, 0.05) is 24.3 Å². The highest BCUT2D eigenvalue weighted by Crippen LogP contribution is 2.18. The molecule has 0 atom stereocenters. The number of nitrogens with zero attached hydrogens (tertiary/aromatic N) is 2. The predicted molar refractivity (Wildman–Crippen MR) is 92.4 cm³/mol. The van der Waals surface area contributed by atoms with Crippen LogP contribution in [0, 0.1) is 27.7 Å². The van der Waals surface area contributed by atoms with Crippen molar-refractivity contribution in [3.05, 3.63) is 57.3 Å². The molecule has 24 heavy (non-hydrogen) atoms. The topological polar surface area (TPSA) is 73.2 Å². The fraction of sp³-hybridized carbons (Fsp3) is 0.389. The molecular formula is C18H23N3O3. The van der Waals surface area contributed by atoms with Crippen LogP contribution in [0.25, 0.3) is 0 Å². The standard InChI is InChI=1S/C18H23N3O3/c1-12-5-6-13(2)16(9-12)24-10-17(22)19-7-8-21-11-20-15(4)14(3)18(21)23/h5-6,9,11H,7-8,10H2,1-4H3,(H,19,22). The fourth-order valence-electron chi connectivity index (χ4n) is 2.21. The van der Waals surface area contributed by atoms with Gasteiger partial charge < -0.3 is 10.1 Å². The first kappa shape index (κ1) is 17.7. The number of amides is 1. The average molecular weight is 329 g/mol. The van der Waals surface area contributed by atoms with E-state index in [1.807, 2.05) is 32.0 Å². The van der Waals surface area contributed by atoms with Crippen molar-refractivity contribution in [2.75, 3.05) is 13.2 Å². The van der Waals surface area contributed by atoms with Gasteiger partial charge in [-0.1, -0.05) is 12.1 Å². The second kappa shape index (κ2) is 7.77. The van der Waals surface area contributed by atoms with E-state index in [1.165, 1.54) is 10.9 Å². The normalized spacial score (nSPS) is 10.5. The first-order valence-electron chi connectivity index (χ1n) is 7.88. The SMILES string of the molecule is Cc1ccc(C)c(OCC(=O)NCCn2cnc(C)c(C)c2=O)c1. The third-order valence-corrected chi connectivity index (χ3v) is 3.89. The molecule has 2 aromatic rings. The quantitative estimate of drug-likeness (QED) is 0.875. The molecule has 0 aliphatic carbocycles. The minimum absolute atomic E-state index is 0.0512. The Morgan fingerprint density at radius 3 is 2.75 bits per heavy atom. The van der Waals surface area contributed by atoms with Gasteiger partial charge in [0.15, 0.2) is 6.61 Å². The smallest absolute Gasteiger partial charge is 0.258 e. The highest BCUT2D eigenvalue weighted by molar-refractivity contribution is 5.77. The second-order valence-electron chi connectivity index (χ2n) is 5.86. The summed E-state index contributed by atoms with van der Waals surface area (Å²) >= 11 is 0. The van der Waals surface area contributed by atoms with Crippen molar-refractivity contribution < 1.29 is 9.53 Å². The first-order valence-corrected chi connectivity index (χ1v) is 7.88. The third-order valence-electron chi connectivity index (χ3n) is 3.89. The fourth-order valence-corrected chi connectivity index (χ4v) is 2.21. The van der Waals surface area contributed by atoms with Crippen molar-refractivity contribution in [1.29, 1.82) is 0 Å². The number of aromatic nitrogens is 2.